The van der Waals surface area contributed by atoms with Crippen LogP contribution in [0, 0.1) is 0 Å². The average molecular weight is 257 g/mol. The van der Waals surface area contributed by atoms with Crippen LogP contribution in [0.25, 0.3) is 22.2 Å². The summed E-state index contributed by atoms with van der Waals surface area (Å²) in [6.07, 6.45) is 0.00656. The number of para-hydroxylation sites is 1. The van der Waals surface area contributed by atoms with Crippen molar-refractivity contribution in [2.24, 2.45) is 0 Å². The predicted octanol–water partition coefficient (Wildman–Crippen LogP) is 0.909. The first-order valence-electron chi connectivity index (χ1n) is 5.80. The van der Waals surface area contributed by atoms with Gasteiger partial charge in [-0.15, -0.1) is 0 Å². The van der Waals surface area contributed by atoms with E-state index < -0.39 is 0 Å². The molecule has 0 saturated heterocycles. The Kier molecular flexibility index (Phi) is 2.56. The van der Waals surface area contributed by atoms with Gasteiger partial charge >= 0.3 is 0 Å². The number of fused-ring (bicyclic) bond motifs is 3. The van der Waals surface area contributed by atoms with Crippen molar-refractivity contribution in [1.29, 1.82) is 0 Å². The fourth-order valence-electron chi connectivity index (χ4n) is 2.07. The molecule has 19 heavy (non-hydrogen) atoms. The smallest absolute Gasteiger partial charge is 0.277 e. The Balaban J connectivity index is 2.32. The molecule has 0 unspecified atom stereocenters. The van der Waals surface area contributed by atoms with Crippen LogP contribution in [0.5, 0.6) is 0 Å². The Morgan fingerprint density at radius 1 is 1.42 bits per heavy atom. The van der Waals surface area contributed by atoms with E-state index in [1.807, 2.05) is 18.2 Å². The van der Waals surface area contributed by atoms with Gasteiger partial charge in [0, 0.05) is 12.4 Å². The second-order valence-electron chi connectivity index (χ2n) is 4.15. The van der Waals surface area contributed by atoms with Crippen LogP contribution in [0.15, 0.2) is 33.5 Å². The fraction of sp³-hybridized carbons (Fsp3) is 0.154. The molecule has 0 aliphatic carbocycles. The standard InChI is InChI=1S/C13H11N3O3/c1-14-10(17)6-9-11-12(15-16-13(11)18)7-4-2-3-5-8(7)19-9/h2-5H,6H2,1H3,(H,14,17)(H,16,18). The number of likely N-dealkylation sites (N-methyl/N-ethyl adjacent to an activating group) is 1. The highest BCUT2D eigenvalue weighted by Gasteiger charge is 2.22. The van der Waals surface area contributed by atoms with Crippen LogP contribution in [-0.2, 0) is 11.2 Å². The van der Waals surface area contributed by atoms with E-state index >= 15 is 0 Å². The number of nitrogens with zero attached hydrogens (tertiary/aromatic N) is 1. The molecular formula is C13H11N3O3. The van der Waals surface area contributed by atoms with E-state index in [9.17, 15) is 9.59 Å². The van der Waals surface area contributed by atoms with E-state index in [1.54, 1.807) is 6.07 Å². The van der Waals surface area contributed by atoms with Gasteiger partial charge in [-0.1, -0.05) is 12.1 Å². The number of hydrogen-bond acceptors (Lipinski definition) is 4. The van der Waals surface area contributed by atoms with Crippen LogP contribution in [0.3, 0.4) is 0 Å². The maximum atomic E-state index is 11.8. The number of hydrogen-bond donors (Lipinski definition) is 2. The van der Waals surface area contributed by atoms with Crippen LogP contribution in [-0.4, -0.2) is 23.2 Å². The van der Waals surface area contributed by atoms with Gasteiger partial charge in [0.05, 0.1) is 6.42 Å². The van der Waals surface area contributed by atoms with Crippen molar-refractivity contribution in [2.75, 3.05) is 7.05 Å². The van der Waals surface area contributed by atoms with Crippen molar-refractivity contribution in [3.8, 4) is 11.3 Å². The molecule has 0 aromatic heterocycles. The van der Waals surface area contributed by atoms with Gasteiger partial charge < -0.3 is 9.73 Å². The van der Waals surface area contributed by atoms with E-state index in [1.165, 1.54) is 7.05 Å². The van der Waals surface area contributed by atoms with Crippen molar-refractivity contribution in [3.63, 3.8) is 0 Å². The first kappa shape index (κ1) is 11.5. The molecule has 0 atom stereocenters. The number of H-pyrrole nitrogens is 1. The first-order valence-corrected chi connectivity index (χ1v) is 5.80. The van der Waals surface area contributed by atoms with Crippen LogP contribution in [0.2, 0.25) is 0 Å². The van der Waals surface area contributed by atoms with Crippen molar-refractivity contribution >= 4 is 16.9 Å². The molecule has 3 rings (SSSR count). The largest absolute Gasteiger partial charge is 0.460 e. The third-order valence-electron chi connectivity index (χ3n) is 2.99. The SMILES string of the molecule is CNC(=O)Cc1oc2ccccc2c2n[nH]c(=O)c1-2. The summed E-state index contributed by atoms with van der Waals surface area (Å²) < 4.78 is 5.67. The van der Waals surface area contributed by atoms with Gasteiger partial charge in [0.2, 0.25) is 5.91 Å². The number of amides is 1. The van der Waals surface area contributed by atoms with Crippen molar-refractivity contribution in [2.45, 2.75) is 6.42 Å². The van der Waals surface area contributed by atoms with Crippen LogP contribution >= 0.6 is 0 Å². The molecule has 0 fully saturated rings. The highest BCUT2D eigenvalue weighted by molar-refractivity contribution is 5.93. The third-order valence-corrected chi connectivity index (χ3v) is 2.99. The van der Waals surface area contributed by atoms with Gasteiger partial charge in [-0.2, -0.15) is 5.10 Å². The molecule has 2 N–H and O–H groups in total. The van der Waals surface area contributed by atoms with Gasteiger partial charge in [-0.25, -0.2) is 5.10 Å². The molecule has 2 heterocycles. The number of rotatable bonds is 2. The summed E-state index contributed by atoms with van der Waals surface area (Å²) >= 11 is 0. The molecule has 96 valence electrons. The number of carbonyl (C=O) groups is 1. The molecule has 6 nitrogen and oxygen atoms in total. The van der Waals surface area contributed by atoms with Gasteiger partial charge in [0.1, 0.15) is 22.6 Å². The van der Waals surface area contributed by atoms with Gasteiger partial charge in [0.15, 0.2) is 0 Å². The van der Waals surface area contributed by atoms with E-state index in [2.05, 4.69) is 15.5 Å². The number of benzene rings is 1. The lowest BCUT2D eigenvalue weighted by atomic mass is 10.1. The lowest BCUT2D eigenvalue weighted by molar-refractivity contribution is -0.120. The maximum absolute atomic E-state index is 11.8. The van der Waals surface area contributed by atoms with E-state index in [0.717, 1.165) is 5.39 Å². The lowest BCUT2D eigenvalue weighted by Gasteiger charge is -2.07. The molecular weight excluding hydrogens is 246 g/mol. The molecule has 0 radical (unpaired) electrons. The van der Waals surface area contributed by atoms with E-state index in [0.29, 0.717) is 22.6 Å². The summed E-state index contributed by atoms with van der Waals surface area (Å²) in [5.41, 5.74) is 1.12. The highest BCUT2D eigenvalue weighted by atomic mass is 16.3. The Morgan fingerprint density at radius 3 is 3.00 bits per heavy atom. The summed E-state index contributed by atoms with van der Waals surface area (Å²) in [4.78, 5) is 23.3. The zero-order chi connectivity index (χ0) is 13.4. The molecule has 1 amide bonds. The summed E-state index contributed by atoms with van der Waals surface area (Å²) in [7, 11) is 1.54. The molecule has 0 spiro atoms. The average Bonchev–Trinajstić information content (AvgIpc) is 2.81. The Hall–Kier alpha value is -2.63. The fourth-order valence-corrected chi connectivity index (χ4v) is 2.07. The number of aromatic amines is 1. The van der Waals surface area contributed by atoms with Crippen molar-refractivity contribution < 1.29 is 9.21 Å². The molecule has 0 saturated carbocycles. The summed E-state index contributed by atoms with van der Waals surface area (Å²) in [6, 6.07) is 7.27. The monoisotopic (exact) mass is 257 g/mol. The molecule has 2 aliphatic rings. The third kappa shape index (κ3) is 1.77. The molecule has 6 heteroatoms. The number of aromatic nitrogens is 2. The minimum absolute atomic E-state index is 0.00656. The summed E-state index contributed by atoms with van der Waals surface area (Å²) in [5, 5.41) is 9.67. The summed E-state index contributed by atoms with van der Waals surface area (Å²) in [6.45, 7) is 0. The minimum Gasteiger partial charge on any atom is -0.460 e. The molecule has 2 aliphatic heterocycles. The Morgan fingerprint density at radius 2 is 2.21 bits per heavy atom. The van der Waals surface area contributed by atoms with Gasteiger partial charge in [-0.05, 0) is 12.1 Å². The van der Waals surface area contributed by atoms with Crippen LogP contribution in [0.1, 0.15) is 5.76 Å². The molecule has 0 bridgehead atoms. The highest BCUT2D eigenvalue weighted by Crippen LogP contribution is 2.30. The second-order valence-corrected chi connectivity index (χ2v) is 4.15. The molecule has 1 aromatic rings. The summed E-state index contributed by atoms with van der Waals surface area (Å²) in [5.74, 6) is 0.104. The number of carbonyl (C=O) groups excluding carboxylic acids is 1. The zero-order valence-electron chi connectivity index (χ0n) is 10.2. The molecule has 1 aromatic carbocycles. The van der Waals surface area contributed by atoms with Gasteiger partial charge in [0.25, 0.3) is 5.56 Å². The minimum atomic E-state index is -0.344. The first-order chi connectivity index (χ1) is 9.20. The van der Waals surface area contributed by atoms with Crippen molar-refractivity contribution in [1.82, 2.24) is 15.5 Å². The lowest BCUT2D eigenvalue weighted by Crippen LogP contribution is -2.21. The predicted molar refractivity (Wildman–Crippen MR) is 69.0 cm³/mol. The van der Waals surface area contributed by atoms with Crippen LogP contribution in [0.4, 0.5) is 0 Å². The maximum Gasteiger partial charge on any atom is 0.277 e. The number of nitrogens with one attached hydrogen (secondary N) is 2. The zero-order valence-corrected chi connectivity index (χ0v) is 10.2. The Labute approximate surface area is 107 Å². The van der Waals surface area contributed by atoms with Gasteiger partial charge in [-0.3, -0.25) is 9.59 Å². The topological polar surface area (TPSA) is 88.0 Å². The van der Waals surface area contributed by atoms with E-state index in [-0.39, 0.29) is 17.9 Å². The Bertz CT molecular complexity index is 787. The normalized spacial score (nSPS) is 11.0. The van der Waals surface area contributed by atoms with Crippen LogP contribution < -0.4 is 10.9 Å². The second kappa shape index (κ2) is 4.24. The van der Waals surface area contributed by atoms with Crippen molar-refractivity contribution in [3.05, 3.63) is 40.4 Å². The van der Waals surface area contributed by atoms with E-state index in [4.69, 9.17) is 4.42 Å². The quantitative estimate of drug-likeness (QED) is 0.714.